The second-order valence-electron chi connectivity index (χ2n) is 5.86. The molecule has 1 aromatic carbocycles. The Hall–Kier alpha value is -3.63. The monoisotopic (exact) mass is 408 g/mol. The van der Waals surface area contributed by atoms with Crippen LogP contribution in [-0.2, 0) is 17.5 Å². The number of pyridine rings is 1. The van der Waals surface area contributed by atoms with Crippen molar-refractivity contribution in [3.05, 3.63) is 53.5 Å². The van der Waals surface area contributed by atoms with Crippen molar-refractivity contribution < 1.29 is 32.0 Å². The third-order valence-electron chi connectivity index (χ3n) is 3.77. The number of alkyl halides is 3. The van der Waals surface area contributed by atoms with E-state index in [9.17, 15) is 18.0 Å². The number of aryl methyl sites for hydroxylation is 1. The molecular formula is C18H15F3N4O4. The van der Waals surface area contributed by atoms with Crippen LogP contribution in [0.4, 0.5) is 23.7 Å². The number of amides is 1. The highest BCUT2D eigenvalue weighted by atomic mass is 19.4. The molecule has 8 nitrogen and oxygen atoms in total. The lowest BCUT2D eigenvalue weighted by molar-refractivity contribution is -0.159. The molecule has 3 aromatic rings. The number of hydrogen-bond acceptors (Lipinski definition) is 7. The van der Waals surface area contributed by atoms with Crippen molar-refractivity contribution in [2.75, 3.05) is 12.4 Å². The van der Waals surface area contributed by atoms with Gasteiger partial charge in [-0.2, -0.15) is 18.2 Å². The lowest BCUT2D eigenvalue weighted by Crippen LogP contribution is -2.14. The molecule has 152 valence electrons. The standard InChI is InChI=1S/C18H15F3N4O4/c1-10-7-12(15-24-16(29-25-15)18(19,20)21)4-5-13(10)23-17(26)28-9-11-3-6-14(27-2)22-8-11/h3-8H,9H2,1-2H3,(H,23,26). The normalized spacial score (nSPS) is 11.2. The van der Waals surface area contributed by atoms with Gasteiger partial charge < -0.3 is 14.0 Å². The zero-order valence-corrected chi connectivity index (χ0v) is 15.3. The average molecular weight is 408 g/mol. The summed E-state index contributed by atoms with van der Waals surface area (Å²) in [5, 5.41) is 5.89. The van der Waals surface area contributed by atoms with Crippen LogP contribution in [0.3, 0.4) is 0 Å². The van der Waals surface area contributed by atoms with Crippen molar-refractivity contribution in [2.24, 2.45) is 0 Å². The molecule has 0 saturated heterocycles. The number of nitrogens with zero attached hydrogens (tertiary/aromatic N) is 3. The van der Waals surface area contributed by atoms with E-state index in [4.69, 9.17) is 9.47 Å². The van der Waals surface area contributed by atoms with Crippen molar-refractivity contribution in [3.8, 4) is 17.3 Å². The average Bonchev–Trinajstić information content (AvgIpc) is 3.19. The Morgan fingerprint density at radius 1 is 1.24 bits per heavy atom. The van der Waals surface area contributed by atoms with Gasteiger partial charge in [-0.1, -0.05) is 5.16 Å². The highest BCUT2D eigenvalue weighted by Gasteiger charge is 2.38. The fourth-order valence-electron chi connectivity index (χ4n) is 2.31. The maximum absolute atomic E-state index is 12.6. The maximum atomic E-state index is 12.6. The Kier molecular flexibility index (Phi) is 5.66. The van der Waals surface area contributed by atoms with Crippen LogP contribution in [0.1, 0.15) is 17.0 Å². The van der Waals surface area contributed by atoms with Gasteiger partial charge in [-0.15, -0.1) is 0 Å². The number of methoxy groups -OCH3 is 1. The number of anilines is 1. The summed E-state index contributed by atoms with van der Waals surface area (Å²) in [5.41, 5.74) is 1.98. The van der Waals surface area contributed by atoms with Crippen molar-refractivity contribution in [1.29, 1.82) is 0 Å². The lowest BCUT2D eigenvalue weighted by Gasteiger charge is -2.10. The van der Waals surface area contributed by atoms with Gasteiger partial charge in [0.1, 0.15) is 6.61 Å². The van der Waals surface area contributed by atoms with Gasteiger partial charge in [0.2, 0.25) is 11.7 Å². The largest absolute Gasteiger partial charge is 0.481 e. The van der Waals surface area contributed by atoms with E-state index in [0.717, 1.165) is 0 Å². The number of nitrogens with one attached hydrogen (secondary N) is 1. The van der Waals surface area contributed by atoms with Gasteiger partial charge in [0.15, 0.2) is 0 Å². The molecule has 0 unspecified atom stereocenters. The molecule has 0 radical (unpaired) electrons. The quantitative estimate of drug-likeness (QED) is 0.675. The van der Waals surface area contributed by atoms with Crippen molar-refractivity contribution in [2.45, 2.75) is 19.7 Å². The number of aromatic nitrogens is 3. The van der Waals surface area contributed by atoms with E-state index in [1.165, 1.54) is 31.5 Å². The number of benzene rings is 1. The maximum Gasteiger partial charge on any atom is 0.471 e. The predicted octanol–water partition coefficient (Wildman–Crippen LogP) is 4.22. The molecule has 11 heteroatoms. The first-order valence-electron chi connectivity index (χ1n) is 8.21. The molecule has 1 amide bonds. The molecule has 2 aromatic heterocycles. The van der Waals surface area contributed by atoms with E-state index < -0.39 is 18.2 Å². The molecule has 0 spiro atoms. The third kappa shape index (κ3) is 5.00. The molecule has 0 aliphatic rings. The first kappa shape index (κ1) is 20.1. The Morgan fingerprint density at radius 3 is 2.62 bits per heavy atom. The SMILES string of the molecule is COc1ccc(COC(=O)Nc2ccc(-c3noc(C(F)(F)F)n3)cc2C)cn1. The van der Waals surface area contributed by atoms with Gasteiger partial charge in [-0.3, -0.25) is 5.32 Å². The van der Waals surface area contributed by atoms with Crippen molar-refractivity contribution in [1.82, 2.24) is 15.1 Å². The molecule has 0 bridgehead atoms. The summed E-state index contributed by atoms with van der Waals surface area (Å²) in [4.78, 5) is 19.3. The highest BCUT2D eigenvalue weighted by molar-refractivity contribution is 5.86. The zero-order valence-electron chi connectivity index (χ0n) is 15.3. The van der Waals surface area contributed by atoms with Crippen LogP contribution in [0.25, 0.3) is 11.4 Å². The van der Waals surface area contributed by atoms with Gasteiger partial charge >= 0.3 is 18.2 Å². The number of carbonyl (C=O) groups excluding carboxylic acids is 1. The second kappa shape index (κ2) is 8.17. The minimum atomic E-state index is -4.72. The van der Waals surface area contributed by atoms with Crippen LogP contribution >= 0.6 is 0 Å². The Labute approximate surface area is 162 Å². The molecule has 0 fully saturated rings. The summed E-state index contributed by atoms with van der Waals surface area (Å²) in [6, 6.07) is 7.83. The van der Waals surface area contributed by atoms with Crippen molar-refractivity contribution in [3.63, 3.8) is 0 Å². The van der Waals surface area contributed by atoms with E-state index in [0.29, 0.717) is 28.3 Å². The molecule has 0 atom stereocenters. The Bertz CT molecular complexity index is 1000. The van der Waals surface area contributed by atoms with E-state index in [1.54, 1.807) is 19.1 Å². The van der Waals surface area contributed by atoms with Gasteiger partial charge in [0.05, 0.1) is 7.11 Å². The molecule has 0 aliphatic heterocycles. The summed E-state index contributed by atoms with van der Waals surface area (Å²) in [5.74, 6) is -1.19. The number of halogens is 3. The Balaban J connectivity index is 1.62. The van der Waals surface area contributed by atoms with Crippen LogP contribution in [0.5, 0.6) is 5.88 Å². The zero-order chi connectivity index (χ0) is 21.0. The number of ether oxygens (including phenoxy) is 2. The minimum Gasteiger partial charge on any atom is -0.481 e. The van der Waals surface area contributed by atoms with Crippen molar-refractivity contribution >= 4 is 11.8 Å². The fraction of sp³-hybridized carbons (Fsp3) is 0.222. The summed E-state index contributed by atoms with van der Waals surface area (Å²) < 4.78 is 52.0. The molecule has 0 saturated carbocycles. The van der Waals surface area contributed by atoms with E-state index >= 15 is 0 Å². The second-order valence-corrected chi connectivity index (χ2v) is 5.86. The summed E-state index contributed by atoms with van der Waals surface area (Å²) >= 11 is 0. The van der Waals surface area contributed by atoms with Gasteiger partial charge in [-0.25, -0.2) is 9.78 Å². The van der Waals surface area contributed by atoms with Crippen LogP contribution in [0.15, 0.2) is 41.1 Å². The highest BCUT2D eigenvalue weighted by Crippen LogP contribution is 2.30. The molecule has 0 aliphatic carbocycles. The number of hydrogen-bond donors (Lipinski definition) is 1. The minimum absolute atomic E-state index is 0.00301. The fourth-order valence-corrected chi connectivity index (χ4v) is 2.31. The summed E-state index contributed by atoms with van der Waals surface area (Å²) in [6.07, 6.45) is -3.90. The summed E-state index contributed by atoms with van der Waals surface area (Å²) in [7, 11) is 1.49. The van der Waals surface area contributed by atoms with Crippen LogP contribution < -0.4 is 10.1 Å². The smallest absolute Gasteiger partial charge is 0.471 e. The molecule has 29 heavy (non-hydrogen) atoms. The predicted molar refractivity (Wildman–Crippen MR) is 94.1 cm³/mol. The topological polar surface area (TPSA) is 99.4 Å². The van der Waals surface area contributed by atoms with Crippen LogP contribution in [0.2, 0.25) is 0 Å². The molecular weight excluding hydrogens is 393 g/mol. The van der Waals surface area contributed by atoms with Crippen LogP contribution in [0, 0.1) is 6.92 Å². The van der Waals surface area contributed by atoms with E-state index in [1.807, 2.05) is 0 Å². The van der Waals surface area contributed by atoms with Gasteiger partial charge in [-0.05, 0) is 36.8 Å². The first-order chi connectivity index (χ1) is 13.8. The molecule has 3 rings (SSSR count). The van der Waals surface area contributed by atoms with Gasteiger partial charge in [0.25, 0.3) is 0 Å². The number of carbonyl (C=O) groups is 1. The molecule has 2 heterocycles. The van der Waals surface area contributed by atoms with E-state index in [-0.39, 0.29) is 12.4 Å². The lowest BCUT2D eigenvalue weighted by atomic mass is 10.1. The number of rotatable bonds is 5. The molecule has 1 N–H and O–H groups in total. The first-order valence-corrected chi connectivity index (χ1v) is 8.21. The van der Waals surface area contributed by atoms with Gasteiger partial charge in [0, 0.05) is 29.1 Å². The summed E-state index contributed by atoms with van der Waals surface area (Å²) in [6.45, 7) is 1.67. The third-order valence-corrected chi connectivity index (χ3v) is 3.77. The van der Waals surface area contributed by atoms with E-state index in [2.05, 4.69) is 25.0 Å². The van der Waals surface area contributed by atoms with Crippen LogP contribution in [-0.4, -0.2) is 28.3 Å². The Morgan fingerprint density at radius 2 is 2.03 bits per heavy atom.